The highest BCUT2D eigenvalue weighted by molar-refractivity contribution is 5.71. The average Bonchev–Trinajstić information content (AvgIpc) is 2.48. The highest BCUT2D eigenvalue weighted by Crippen LogP contribution is 2.20. The van der Waals surface area contributed by atoms with Gasteiger partial charge in [0.25, 0.3) is 0 Å². The lowest BCUT2D eigenvalue weighted by atomic mass is 10.0. The Bertz CT molecular complexity index is 443. The Labute approximate surface area is 114 Å². The van der Waals surface area contributed by atoms with Gasteiger partial charge in [-0.1, -0.05) is 25.5 Å². The summed E-state index contributed by atoms with van der Waals surface area (Å²) in [5.41, 5.74) is 2.21. The number of pyridine rings is 1. The average molecular weight is 260 g/mol. The normalized spacial score (nSPS) is 15.0. The van der Waals surface area contributed by atoms with Gasteiger partial charge in [-0.2, -0.15) is 0 Å². The minimum atomic E-state index is -0.204. The van der Waals surface area contributed by atoms with Gasteiger partial charge in [0.05, 0.1) is 12.3 Å². The van der Waals surface area contributed by atoms with Crippen LogP contribution in [0.15, 0.2) is 30.5 Å². The molecule has 0 spiro atoms. The van der Waals surface area contributed by atoms with Crippen LogP contribution < -0.4 is 0 Å². The van der Waals surface area contributed by atoms with E-state index in [9.17, 15) is 4.79 Å². The van der Waals surface area contributed by atoms with Gasteiger partial charge < -0.3 is 9.64 Å². The Kier molecular flexibility index (Phi) is 4.95. The lowest BCUT2D eigenvalue weighted by Crippen LogP contribution is -2.35. The van der Waals surface area contributed by atoms with E-state index in [1.165, 1.54) is 5.57 Å². The molecule has 2 heterocycles. The van der Waals surface area contributed by atoms with Crippen molar-refractivity contribution in [3.8, 4) is 0 Å². The Morgan fingerprint density at radius 1 is 1.47 bits per heavy atom. The molecule has 1 aromatic rings. The van der Waals surface area contributed by atoms with Crippen LogP contribution in [-0.2, 0) is 4.74 Å². The summed E-state index contributed by atoms with van der Waals surface area (Å²) in [5.74, 6) is 0. The highest BCUT2D eigenvalue weighted by atomic mass is 16.6. The van der Waals surface area contributed by atoms with E-state index in [1.807, 2.05) is 18.2 Å². The molecule has 0 saturated carbocycles. The molecule has 0 radical (unpaired) electrons. The van der Waals surface area contributed by atoms with Gasteiger partial charge in [0.15, 0.2) is 0 Å². The monoisotopic (exact) mass is 260 g/mol. The first-order valence-corrected chi connectivity index (χ1v) is 6.83. The third kappa shape index (κ3) is 3.81. The van der Waals surface area contributed by atoms with Crippen LogP contribution in [0.4, 0.5) is 4.79 Å². The van der Waals surface area contributed by atoms with Crippen LogP contribution in [0.25, 0.3) is 5.57 Å². The molecule has 1 aliphatic rings. The maximum absolute atomic E-state index is 11.8. The highest BCUT2D eigenvalue weighted by Gasteiger charge is 2.19. The summed E-state index contributed by atoms with van der Waals surface area (Å²) in [5, 5.41) is 0. The van der Waals surface area contributed by atoms with Crippen LogP contribution in [-0.4, -0.2) is 35.7 Å². The molecule has 1 aromatic heterocycles. The number of rotatable bonds is 4. The lowest BCUT2D eigenvalue weighted by molar-refractivity contribution is 0.105. The topological polar surface area (TPSA) is 42.4 Å². The van der Waals surface area contributed by atoms with Gasteiger partial charge in [-0.15, -0.1) is 0 Å². The summed E-state index contributed by atoms with van der Waals surface area (Å²) in [6.07, 6.45) is 6.45. The van der Waals surface area contributed by atoms with Gasteiger partial charge in [-0.25, -0.2) is 4.79 Å². The molecule has 0 N–H and O–H groups in total. The van der Waals surface area contributed by atoms with E-state index in [1.54, 1.807) is 11.1 Å². The molecule has 1 amide bonds. The lowest BCUT2D eigenvalue weighted by Gasteiger charge is -2.25. The second-order valence-corrected chi connectivity index (χ2v) is 4.61. The summed E-state index contributed by atoms with van der Waals surface area (Å²) in [6, 6.07) is 5.89. The molecule has 0 aliphatic carbocycles. The fourth-order valence-electron chi connectivity index (χ4n) is 2.02. The minimum Gasteiger partial charge on any atom is -0.449 e. The van der Waals surface area contributed by atoms with Crippen LogP contribution in [0.2, 0.25) is 0 Å². The Hall–Kier alpha value is -1.84. The summed E-state index contributed by atoms with van der Waals surface area (Å²) in [7, 11) is 0. The fourth-order valence-corrected chi connectivity index (χ4v) is 2.02. The second kappa shape index (κ2) is 6.92. The van der Waals surface area contributed by atoms with Crippen LogP contribution in [0, 0.1) is 0 Å². The number of unbranched alkanes of at least 4 members (excludes halogenated alkanes) is 1. The van der Waals surface area contributed by atoms with Gasteiger partial charge >= 0.3 is 6.09 Å². The van der Waals surface area contributed by atoms with E-state index >= 15 is 0 Å². The molecule has 0 aromatic carbocycles. The van der Waals surface area contributed by atoms with Crippen molar-refractivity contribution in [1.82, 2.24) is 9.88 Å². The van der Waals surface area contributed by atoms with Crippen molar-refractivity contribution in [2.75, 3.05) is 19.7 Å². The third-order valence-corrected chi connectivity index (χ3v) is 3.18. The summed E-state index contributed by atoms with van der Waals surface area (Å²) in [4.78, 5) is 17.8. The smallest absolute Gasteiger partial charge is 0.410 e. The molecule has 0 fully saturated rings. The van der Waals surface area contributed by atoms with E-state index in [4.69, 9.17) is 4.74 Å². The molecular weight excluding hydrogens is 240 g/mol. The number of carbonyl (C=O) groups excluding carboxylic acids is 1. The zero-order valence-corrected chi connectivity index (χ0v) is 11.3. The predicted octanol–water partition coefficient (Wildman–Crippen LogP) is 3.11. The van der Waals surface area contributed by atoms with Crippen molar-refractivity contribution >= 4 is 11.7 Å². The maximum atomic E-state index is 11.8. The molecule has 4 heteroatoms. The molecule has 19 heavy (non-hydrogen) atoms. The number of hydrogen-bond acceptors (Lipinski definition) is 3. The van der Waals surface area contributed by atoms with Gasteiger partial charge in [-0.05, 0) is 30.5 Å². The SMILES string of the molecule is CCCCOC(=O)N1CC=C(c2ccccn2)CC1. The van der Waals surface area contributed by atoms with Crippen molar-refractivity contribution in [2.24, 2.45) is 0 Å². The quantitative estimate of drug-likeness (QED) is 0.781. The van der Waals surface area contributed by atoms with Gasteiger partial charge in [0.2, 0.25) is 0 Å². The predicted molar refractivity (Wildman–Crippen MR) is 74.7 cm³/mol. The van der Waals surface area contributed by atoms with Crippen molar-refractivity contribution in [3.05, 3.63) is 36.2 Å². The Balaban J connectivity index is 1.87. The minimum absolute atomic E-state index is 0.204. The van der Waals surface area contributed by atoms with E-state index in [0.717, 1.165) is 25.0 Å². The number of carbonyl (C=O) groups is 1. The molecule has 2 rings (SSSR count). The largest absolute Gasteiger partial charge is 0.449 e. The first-order valence-electron chi connectivity index (χ1n) is 6.83. The number of nitrogens with zero attached hydrogens (tertiary/aromatic N) is 2. The second-order valence-electron chi connectivity index (χ2n) is 4.61. The Morgan fingerprint density at radius 3 is 3.00 bits per heavy atom. The molecule has 1 aliphatic heterocycles. The molecule has 0 saturated heterocycles. The van der Waals surface area contributed by atoms with E-state index in [2.05, 4.69) is 18.0 Å². The number of amides is 1. The van der Waals surface area contributed by atoms with Crippen LogP contribution in [0.3, 0.4) is 0 Å². The standard InChI is InChI=1S/C15H20N2O2/c1-2-3-12-19-15(18)17-10-7-13(8-11-17)14-6-4-5-9-16-14/h4-7,9H,2-3,8,10-12H2,1H3. The van der Waals surface area contributed by atoms with E-state index < -0.39 is 0 Å². The van der Waals surface area contributed by atoms with Gasteiger partial charge in [0.1, 0.15) is 0 Å². The molecule has 102 valence electrons. The van der Waals surface area contributed by atoms with Crippen molar-refractivity contribution in [1.29, 1.82) is 0 Å². The number of hydrogen-bond donors (Lipinski definition) is 0. The van der Waals surface area contributed by atoms with E-state index in [0.29, 0.717) is 19.7 Å². The molecule has 0 unspecified atom stereocenters. The zero-order valence-electron chi connectivity index (χ0n) is 11.3. The first-order chi connectivity index (χ1) is 9.31. The van der Waals surface area contributed by atoms with Crippen LogP contribution in [0.5, 0.6) is 0 Å². The zero-order chi connectivity index (χ0) is 13.5. The van der Waals surface area contributed by atoms with E-state index in [-0.39, 0.29) is 6.09 Å². The molecule has 0 bridgehead atoms. The maximum Gasteiger partial charge on any atom is 0.410 e. The van der Waals surface area contributed by atoms with Crippen molar-refractivity contribution in [2.45, 2.75) is 26.2 Å². The number of aromatic nitrogens is 1. The van der Waals surface area contributed by atoms with Crippen molar-refractivity contribution < 1.29 is 9.53 Å². The fraction of sp³-hybridized carbons (Fsp3) is 0.467. The summed E-state index contributed by atoms with van der Waals surface area (Å²) < 4.78 is 5.20. The molecular formula is C15H20N2O2. The van der Waals surface area contributed by atoms with Crippen LogP contribution in [0.1, 0.15) is 31.9 Å². The molecule has 0 atom stereocenters. The molecule has 4 nitrogen and oxygen atoms in total. The van der Waals surface area contributed by atoms with Gasteiger partial charge in [0, 0.05) is 19.3 Å². The van der Waals surface area contributed by atoms with Crippen LogP contribution >= 0.6 is 0 Å². The summed E-state index contributed by atoms with van der Waals surface area (Å²) >= 11 is 0. The Morgan fingerprint density at radius 2 is 2.37 bits per heavy atom. The number of ether oxygens (including phenoxy) is 1. The van der Waals surface area contributed by atoms with Crippen molar-refractivity contribution in [3.63, 3.8) is 0 Å². The first kappa shape index (κ1) is 13.6. The third-order valence-electron chi connectivity index (χ3n) is 3.18. The van der Waals surface area contributed by atoms with Gasteiger partial charge in [-0.3, -0.25) is 4.98 Å². The summed E-state index contributed by atoms with van der Waals surface area (Å²) in [6.45, 7) is 3.91.